The first-order valence-corrected chi connectivity index (χ1v) is 8.63. The highest BCUT2D eigenvalue weighted by molar-refractivity contribution is 5.96. The molecule has 2 fully saturated rings. The lowest BCUT2D eigenvalue weighted by Crippen LogP contribution is -2.51. The van der Waals surface area contributed by atoms with E-state index in [0.29, 0.717) is 43.9 Å². The quantitative estimate of drug-likeness (QED) is 0.849. The molecule has 0 aromatic carbocycles. The van der Waals surface area contributed by atoms with Crippen LogP contribution in [0, 0.1) is 12.3 Å². The summed E-state index contributed by atoms with van der Waals surface area (Å²) in [5.74, 6) is 0.177. The van der Waals surface area contributed by atoms with Crippen molar-refractivity contribution in [1.29, 1.82) is 0 Å². The molecule has 0 radical (unpaired) electrons. The lowest BCUT2D eigenvalue weighted by Gasteiger charge is -2.39. The minimum absolute atomic E-state index is 0.129. The van der Waals surface area contributed by atoms with Gasteiger partial charge in [-0.25, -0.2) is 9.97 Å². The summed E-state index contributed by atoms with van der Waals surface area (Å²) in [7, 11) is 1.64. The molecular weight excluding hydrogens is 322 g/mol. The third-order valence-corrected chi connectivity index (χ3v) is 5.26. The minimum atomic E-state index is -0.454. The molecule has 0 unspecified atom stereocenters. The molecule has 1 spiro atoms. The maximum atomic E-state index is 13.0. The Balaban J connectivity index is 1.73. The number of likely N-dealkylation sites (tertiary alicyclic amines) is 2. The number of nitrogens with two attached hydrogens (primary N) is 1. The molecule has 0 saturated carbocycles. The molecule has 8 heteroatoms. The average molecular weight is 347 g/mol. The summed E-state index contributed by atoms with van der Waals surface area (Å²) in [6, 6.07) is 0. The predicted molar refractivity (Wildman–Crippen MR) is 91.8 cm³/mol. The third kappa shape index (κ3) is 3.30. The number of carbonyl (C=O) groups excluding carboxylic acids is 2. The second-order valence-corrected chi connectivity index (χ2v) is 6.87. The average Bonchev–Trinajstić information content (AvgIpc) is 3.01. The Morgan fingerprint density at radius 2 is 2.20 bits per heavy atom. The van der Waals surface area contributed by atoms with Crippen molar-refractivity contribution < 1.29 is 14.3 Å². The molecule has 136 valence electrons. The smallest absolute Gasteiger partial charge is 0.257 e. The van der Waals surface area contributed by atoms with Crippen molar-refractivity contribution in [1.82, 2.24) is 19.8 Å². The highest BCUT2D eigenvalue weighted by atomic mass is 16.5. The fraction of sp³-hybridized carbons (Fsp3) is 0.647. The summed E-state index contributed by atoms with van der Waals surface area (Å²) in [5.41, 5.74) is 6.12. The number of hydrogen-bond acceptors (Lipinski definition) is 6. The van der Waals surface area contributed by atoms with Crippen molar-refractivity contribution in [3.63, 3.8) is 0 Å². The highest BCUT2D eigenvalue weighted by Crippen LogP contribution is 2.40. The Bertz CT molecular complexity index is 680. The van der Waals surface area contributed by atoms with E-state index < -0.39 is 5.41 Å². The van der Waals surface area contributed by atoms with Gasteiger partial charge in [0.2, 0.25) is 11.9 Å². The molecule has 8 nitrogen and oxygen atoms in total. The molecule has 2 aliphatic heterocycles. The zero-order chi connectivity index (χ0) is 18.0. The molecule has 2 amide bonds. The Kier molecular flexibility index (Phi) is 4.89. The van der Waals surface area contributed by atoms with Crippen LogP contribution in [0.5, 0.6) is 0 Å². The summed E-state index contributed by atoms with van der Waals surface area (Å²) < 4.78 is 5.10. The van der Waals surface area contributed by atoms with Gasteiger partial charge in [0.25, 0.3) is 5.91 Å². The van der Waals surface area contributed by atoms with Crippen LogP contribution in [0.15, 0.2) is 6.20 Å². The van der Waals surface area contributed by atoms with Crippen molar-refractivity contribution in [3.05, 3.63) is 17.5 Å². The summed E-state index contributed by atoms with van der Waals surface area (Å²) in [6.07, 6.45) is 3.96. The number of aromatic nitrogens is 2. The van der Waals surface area contributed by atoms with E-state index in [1.807, 2.05) is 4.90 Å². The van der Waals surface area contributed by atoms with Gasteiger partial charge < -0.3 is 20.3 Å². The van der Waals surface area contributed by atoms with Gasteiger partial charge in [0.1, 0.15) is 0 Å². The lowest BCUT2D eigenvalue weighted by molar-refractivity contribution is -0.146. The van der Waals surface area contributed by atoms with Crippen LogP contribution in [-0.4, -0.2) is 71.5 Å². The van der Waals surface area contributed by atoms with E-state index in [1.54, 1.807) is 18.9 Å². The molecule has 25 heavy (non-hydrogen) atoms. The van der Waals surface area contributed by atoms with Gasteiger partial charge in [0, 0.05) is 39.5 Å². The molecule has 1 aromatic rings. The van der Waals surface area contributed by atoms with E-state index in [0.717, 1.165) is 19.4 Å². The number of piperidine rings is 1. The molecule has 2 N–H and O–H groups in total. The van der Waals surface area contributed by atoms with Gasteiger partial charge in [-0.3, -0.25) is 9.59 Å². The SMILES string of the molecule is COCCN1CCC[C@@]2(CCN(C(=O)c3cnc(N)nc3C)C2)C1=O. The van der Waals surface area contributed by atoms with Crippen LogP contribution in [0.4, 0.5) is 5.95 Å². The molecule has 2 aliphatic rings. The van der Waals surface area contributed by atoms with Crippen molar-refractivity contribution in [2.45, 2.75) is 26.2 Å². The first kappa shape index (κ1) is 17.6. The molecule has 3 heterocycles. The Morgan fingerprint density at radius 1 is 1.40 bits per heavy atom. The maximum Gasteiger partial charge on any atom is 0.257 e. The Labute approximate surface area is 147 Å². The van der Waals surface area contributed by atoms with E-state index in [2.05, 4.69) is 9.97 Å². The third-order valence-electron chi connectivity index (χ3n) is 5.26. The Morgan fingerprint density at radius 3 is 2.92 bits per heavy atom. The van der Waals surface area contributed by atoms with Crippen LogP contribution in [0.1, 0.15) is 35.3 Å². The van der Waals surface area contributed by atoms with Crippen LogP contribution in [0.25, 0.3) is 0 Å². The number of methoxy groups -OCH3 is 1. The van der Waals surface area contributed by atoms with Crippen LogP contribution >= 0.6 is 0 Å². The number of rotatable bonds is 4. The molecule has 1 atom stereocenters. The largest absolute Gasteiger partial charge is 0.383 e. The van der Waals surface area contributed by atoms with Crippen molar-refractivity contribution in [2.75, 3.05) is 45.6 Å². The fourth-order valence-electron chi connectivity index (χ4n) is 3.86. The first-order valence-electron chi connectivity index (χ1n) is 8.63. The van der Waals surface area contributed by atoms with Gasteiger partial charge in [-0.2, -0.15) is 0 Å². The second-order valence-electron chi connectivity index (χ2n) is 6.87. The number of ether oxygens (including phenoxy) is 1. The van der Waals surface area contributed by atoms with Crippen LogP contribution in [-0.2, 0) is 9.53 Å². The maximum absolute atomic E-state index is 13.0. The van der Waals surface area contributed by atoms with E-state index in [1.165, 1.54) is 6.20 Å². The van der Waals surface area contributed by atoms with E-state index in [4.69, 9.17) is 10.5 Å². The van der Waals surface area contributed by atoms with E-state index in [9.17, 15) is 9.59 Å². The minimum Gasteiger partial charge on any atom is -0.383 e. The fourth-order valence-corrected chi connectivity index (χ4v) is 3.86. The number of anilines is 1. The topological polar surface area (TPSA) is 102 Å². The predicted octanol–water partition coefficient (Wildman–Crippen LogP) is 0.468. The van der Waals surface area contributed by atoms with E-state index in [-0.39, 0.29) is 17.8 Å². The monoisotopic (exact) mass is 347 g/mol. The number of amides is 2. The molecule has 2 saturated heterocycles. The van der Waals surface area contributed by atoms with Gasteiger partial charge in [-0.1, -0.05) is 0 Å². The normalized spacial score (nSPS) is 23.5. The van der Waals surface area contributed by atoms with Crippen molar-refractivity contribution in [2.24, 2.45) is 5.41 Å². The van der Waals surface area contributed by atoms with Crippen LogP contribution < -0.4 is 5.73 Å². The highest BCUT2D eigenvalue weighted by Gasteiger charge is 2.49. The lowest BCUT2D eigenvalue weighted by atomic mass is 9.78. The summed E-state index contributed by atoms with van der Waals surface area (Å²) >= 11 is 0. The second kappa shape index (κ2) is 6.95. The van der Waals surface area contributed by atoms with Gasteiger partial charge in [-0.15, -0.1) is 0 Å². The summed E-state index contributed by atoms with van der Waals surface area (Å²) in [5, 5.41) is 0. The van der Waals surface area contributed by atoms with Crippen molar-refractivity contribution in [3.8, 4) is 0 Å². The standard InChI is InChI=1S/C17H25N5O3/c1-12-13(10-19-16(18)20-12)14(23)22-7-5-17(11-22)4-3-6-21(15(17)24)8-9-25-2/h10H,3-9,11H2,1-2H3,(H2,18,19,20)/t17-/m0/s1. The van der Waals surface area contributed by atoms with Crippen molar-refractivity contribution >= 4 is 17.8 Å². The molecular formula is C17H25N5O3. The molecule has 1 aromatic heterocycles. The van der Waals surface area contributed by atoms with Gasteiger partial charge in [0.15, 0.2) is 0 Å². The number of aryl methyl sites for hydroxylation is 1. The molecule has 0 aliphatic carbocycles. The first-order chi connectivity index (χ1) is 12.0. The van der Waals surface area contributed by atoms with Crippen LogP contribution in [0.3, 0.4) is 0 Å². The van der Waals surface area contributed by atoms with Gasteiger partial charge in [0.05, 0.1) is 23.3 Å². The van der Waals surface area contributed by atoms with Gasteiger partial charge >= 0.3 is 0 Å². The number of nitrogens with zero attached hydrogens (tertiary/aromatic N) is 4. The summed E-state index contributed by atoms with van der Waals surface area (Å²) in [6.45, 7) is 4.69. The molecule has 0 bridgehead atoms. The van der Waals surface area contributed by atoms with E-state index >= 15 is 0 Å². The zero-order valence-electron chi connectivity index (χ0n) is 14.8. The Hall–Kier alpha value is -2.22. The zero-order valence-corrected chi connectivity index (χ0v) is 14.8. The summed E-state index contributed by atoms with van der Waals surface area (Å²) in [4.78, 5) is 37.4. The van der Waals surface area contributed by atoms with Gasteiger partial charge in [-0.05, 0) is 26.2 Å². The number of hydrogen-bond donors (Lipinski definition) is 1. The molecule has 3 rings (SSSR count). The van der Waals surface area contributed by atoms with Crippen LogP contribution in [0.2, 0.25) is 0 Å². The number of carbonyl (C=O) groups is 2. The number of nitrogen functional groups attached to an aromatic ring is 1.